The lowest BCUT2D eigenvalue weighted by Crippen LogP contribution is -2.59. The van der Waals surface area contributed by atoms with Crippen molar-refractivity contribution in [1.82, 2.24) is 24.8 Å². The lowest BCUT2D eigenvalue weighted by molar-refractivity contribution is -0.137. The van der Waals surface area contributed by atoms with E-state index in [2.05, 4.69) is 25.1 Å². The minimum atomic E-state index is -4.46. The van der Waals surface area contributed by atoms with Gasteiger partial charge in [0.1, 0.15) is 10.7 Å². The number of carbonyl (C=O) groups is 1. The normalized spacial score (nSPS) is 19.1. The van der Waals surface area contributed by atoms with Gasteiger partial charge >= 0.3 is 18.0 Å². The van der Waals surface area contributed by atoms with Crippen molar-refractivity contribution in [2.45, 2.75) is 57.4 Å². The van der Waals surface area contributed by atoms with Crippen molar-refractivity contribution in [3.8, 4) is 0 Å². The highest BCUT2D eigenvalue weighted by Gasteiger charge is 2.38. The van der Waals surface area contributed by atoms with Crippen LogP contribution in [0.5, 0.6) is 0 Å². The van der Waals surface area contributed by atoms with Crippen LogP contribution in [0.15, 0.2) is 41.2 Å². The van der Waals surface area contributed by atoms with Crippen LogP contribution in [0.4, 0.5) is 23.8 Å². The highest BCUT2D eigenvalue weighted by atomic mass is 35.5. The fourth-order valence-electron chi connectivity index (χ4n) is 5.45. The summed E-state index contributed by atoms with van der Waals surface area (Å²) in [5, 5.41) is 11.8. The number of aromatic nitrogens is 3. The Kier molecular flexibility index (Phi) is 8.89. The number of hydrogen-bond acceptors (Lipinski definition) is 6. The number of hydrogen-bond donors (Lipinski definition) is 2. The van der Waals surface area contributed by atoms with Crippen molar-refractivity contribution in [3.63, 3.8) is 0 Å². The molecule has 0 bridgehead atoms. The van der Waals surface area contributed by atoms with Crippen LogP contribution in [0.25, 0.3) is 11.0 Å². The van der Waals surface area contributed by atoms with Crippen molar-refractivity contribution in [3.05, 3.63) is 63.2 Å². The first-order valence-electron chi connectivity index (χ1n) is 13.1. The number of nitrogens with zero attached hydrogens (tertiary/aromatic N) is 5. The largest absolute Gasteiger partial charge is 0.465 e. The Morgan fingerprint density at radius 1 is 1.10 bits per heavy atom. The number of aryl methyl sites for hydroxylation is 1. The second kappa shape index (κ2) is 12.0. The number of carboxylic acid groups (broad SMARTS) is 1. The predicted octanol–water partition coefficient (Wildman–Crippen LogP) is 5.08. The summed E-state index contributed by atoms with van der Waals surface area (Å²) >= 11 is 6.22. The first-order valence-corrected chi connectivity index (χ1v) is 13.5. The van der Waals surface area contributed by atoms with Crippen LogP contribution in [0.1, 0.15) is 50.3 Å². The van der Waals surface area contributed by atoms with Gasteiger partial charge in [-0.3, -0.25) is 9.47 Å². The van der Waals surface area contributed by atoms with E-state index in [9.17, 15) is 22.8 Å². The van der Waals surface area contributed by atoms with Gasteiger partial charge in [0, 0.05) is 44.8 Å². The molecule has 1 saturated heterocycles. The van der Waals surface area contributed by atoms with Crippen LogP contribution in [0.2, 0.25) is 5.15 Å². The zero-order chi connectivity index (χ0) is 29.2. The summed E-state index contributed by atoms with van der Waals surface area (Å²) in [7, 11) is 1.63. The Labute approximate surface area is 234 Å². The van der Waals surface area contributed by atoms with Gasteiger partial charge in [-0.15, -0.1) is 0 Å². The molecular weight excluding hydrogens is 549 g/mol. The molecule has 4 rings (SSSR count). The van der Waals surface area contributed by atoms with Crippen molar-refractivity contribution >= 4 is 34.5 Å². The number of benzene rings is 1. The standard InChI is InChI=1S/C27H32ClF3N6O3/c1-4-18-15-37(24-23-21(10-11-22(28)33-23)35(3)25(38)34-24)19(5-2)14-36(18)20(12-13-32-26(39)40)16-6-8-17(9-7-16)27(29,30)31/h6-11,18-20,32H,4-5,12-15H2,1-3H3,(H,39,40)/t18-,19+,20?/m1/s1. The summed E-state index contributed by atoms with van der Waals surface area (Å²) in [6.45, 7) is 5.18. The number of anilines is 1. The van der Waals surface area contributed by atoms with E-state index in [1.807, 2.05) is 13.8 Å². The maximum atomic E-state index is 13.2. The maximum absolute atomic E-state index is 13.2. The second-order valence-corrected chi connectivity index (χ2v) is 10.3. The van der Waals surface area contributed by atoms with Gasteiger partial charge in [0.25, 0.3) is 0 Å². The van der Waals surface area contributed by atoms with Gasteiger partial charge in [-0.1, -0.05) is 37.6 Å². The van der Waals surface area contributed by atoms with Gasteiger partial charge in [-0.2, -0.15) is 18.2 Å². The van der Waals surface area contributed by atoms with Crippen molar-refractivity contribution in [2.24, 2.45) is 7.05 Å². The van der Waals surface area contributed by atoms with E-state index >= 15 is 0 Å². The first kappa shape index (κ1) is 29.6. The number of halogens is 4. The maximum Gasteiger partial charge on any atom is 0.416 e. The van der Waals surface area contributed by atoms with Crippen molar-refractivity contribution in [1.29, 1.82) is 0 Å². The average Bonchev–Trinajstić information content (AvgIpc) is 2.92. The van der Waals surface area contributed by atoms with Crippen molar-refractivity contribution < 1.29 is 23.1 Å². The molecular formula is C27H32ClF3N6O3. The molecule has 9 nitrogen and oxygen atoms in total. The summed E-state index contributed by atoms with van der Waals surface area (Å²) < 4.78 is 41.1. The molecule has 2 N–H and O–H groups in total. The van der Waals surface area contributed by atoms with Crippen molar-refractivity contribution in [2.75, 3.05) is 24.5 Å². The number of fused-ring (bicyclic) bond motifs is 1. The van der Waals surface area contributed by atoms with Crippen LogP contribution in [0.3, 0.4) is 0 Å². The van der Waals surface area contributed by atoms with Gasteiger partial charge in [-0.25, -0.2) is 14.6 Å². The van der Waals surface area contributed by atoms with Gasteiger partial charge in [0.15, 0.2) is 5.82 Å². The van der Waals surface area contributed by atoms with Gasteiger partial charge in [0.2, 0.25) is 0 Å². The Morgan fingerprint density at radius 3 is 2.38 bits per heavy atom. The Morgan fingerprint density at radius 2 is 1.77 bits per heavy atom. The molecule has 1 fully saturated rings. The predicted molar refractivity (Wildman–Crippen MR) is 147 cm³/mol. The molecule has 2 aromatic heterocycles. The first-order chi connectivity index (χ1) is 18.9. The summed E-state index contributed by atoms with van der Waals surface area (Å²) in [4.78, 5) is 37.1. The van der Waals surface area contributed by atoms with E-state index in [1.165, 1.54) is 16.7 Å². The monoisotopic (exact) mass is 580 g/mol. The van der Waals surface area contributed by atoms with Crippen LogP contribution in [0, 0.1) is 0 Å². The molecule has 0 spiro atoms. The van der Waals surface area contributed by atoms with E-state index < -0.39 is 23.5 Å². The molecule has 0 aliphatic carbocycles. The summed E-state index contributed by atoms with van der Waals surface area (Å²) in [6.07, 6.45) is -3.85. The molecule has 3 heterocycles. The topological polar surface area (TPSA) is 104 Å². The molecule has 1 aromatic carbocycles. The molecule has 1 aliphatic rings. The zero-order valence-electron chi connectivity index (χ0n) is 22.5. The number of alkyl halides is 3. The smallest absolute Gasteiger partial charge is 0.416 e. The molecule has 3 aromatic rings. The third-order valence-electron chi connectivity index (χ3n) is 7.57. The highest BCUT2D eigenvalue weighted by molar-refractivity contribution is 6.29. The quantitative estimate of drug-likeness (QED) is 0.358. The molecule has 13 heteroatoms. The van der Waals surface area contributed by atoms with Crippen LogP contribution >= 0.6 is 11.6 Å². The number of nitrogens with one attached hydrogen (secondary N) is 1. The molecule has 1 aliphatic heterocycles. The lowest BCUT2D eigenvalue weighted by Gasteiger charge is -2.50. The number of amides is 1. The molecule has 3 atom stereocenters. The fraction of sp³-hybridized carbons (Fsp3) is 0.481. The minimum absolute atomic E-state index is 0.0694. The molecule has 1 amide bonds. The highest BCUT2D eigenvalue weighted by Crippen LogP contribution is 2.36. The third kappa shape index (κ3) is 6.17. The molecule has 216 valence electrons. The van der Waals surface area contributed by atoms with E-state index in [-0.39, 0.29) is 29.8 Å². The average molecular weight is 581 g/mol. The number of piperazine rings is 1. The third-order valence-corrected chi connectivity index (χ3v) is 7.78. The molecule has 40 heavy (non-hydrogen) atoms. The molecule has 0 radical (unpaired) electrons. The SMILES string of the molecule is CC[C@H]1CN(C(CCNC(=O)O)c2ccc(C(F)(F)F)cc2)[C@H](CC)CN1c1nc(=O)n(C)c2ccc(Cl)nc12. The Balaban J connectivity index is 1.73. The van der Waals surface area contributed by atoms with Crippen LogP contribution in [-0.2, 0) is 13.2 Å². The molecule has 1 unspecified atom stereocenters. The van der Waals surface area contributed by atoms with Gasteiger partial charge in [-0.05, 0) is 49.1 Å². The lowest BCUT2D eigenvalue weighted by atomic mass is 9.94. The Bertz CT molecular complexity index is 1420. The van der Waals surface area contributed by atoms with E-state index in [1.54, 1.807) is 19.2 Å². The van der Waals surface area contributed by atoms with E-state index in [0.29, 0.717) is 54.8 Å². The van der Waals surface area contributed by atoms with Gasteiger partial charge < -0.3 is 15.3 Å². The molecule has 0 saturated carbocycles. The fourth-order valence-corrected chi connectivity index (χ4v) is 5.59. The van der Waals surface area contributed by atoms with Crippen LogP contribution < -0.4 is 15.9 Å². The number of pyridine rings is 1. The summed E-state index contributed by atoms with van der Waals surface area (Å²) in [5.74, 6) is 0.448. The summed E-state index contributed by atoms with van der Waals surface area (Å²) in [5.41, 5.74) is 0.636. The number of rotatable bonds is 8. The Hall–Kier alpha value is -3.38. The summed E-state index contributed by atoms with van der Waals surface area (Å²) in [6, 6.07) is 7.91. The van der Waals surface area contributed by atoms with Crippen LogP contribution in [-0.4, -0.2) is 62.4 Å². The second-order valence-electron chi connectivity index (χ2n) is 9.91. The van der Waals surface area contributed by atoms with E-state index in [0.717, 1.165) is 12.1 Å². The van der Waals surface area contributed by atoms with E-state index in [4.69, 9.17) is 16.7 Å². The zero-order valence-corrected chi connectivity index (χ0v) is 23.2. The van der Waals surface area contributed by atoms with Gasteiger partial charge in [0.05, 0.1) is 11.1 Å². The minimum Gasteiger partial charge on any atom is -0.465 e.